The first-order valence-corrected chi connectivity index (χ1v) is 9.97. The summed E-state index contributed by atoms with van der Waals surface area (Å²) in [6.07, 6.45) is 6.86. The maximum Gasteiger partial charge on any atom is 0.262 e. The van der Waals surface area contributed by atoms with Crippen molar-refractivity contribution in [2.75, 3.05) is 26.1 Å². The summed E-state index contributed by atoms with van der Waals surface area (Å²) in [5.74, 6) is 0.966. The van der Waals surface area contributed by atoms with Crippen LogP contribution in [0.4, 0.5) is 5.82 Å². The number of nitrogens with one attached hydrogen (secondary N) is 1. The second kappa shape index (κ2) is 6.70. The molecule has 2 atom stereocenters. The molecule has 30 heavy (non-hydrogen) atoms. The number of nitrogens with zero attached hydrogens (tertiary/aromatic N) is 3. The van der Waals surface area contributed by atoms with Crippen LogP contribution >= 0.6 is 0 Å². The van der Waals surface area contributed by atoms with E-state index in [0.29, 0.717) is 29.6 Å². The lowest BCUT2D eigenvalue weighted by Gasteiger charge is -2.24. The van der Waals surface area contributed by atoms with Gasteiger partial charge in [-0.25, -0.2) is 4.98 Å². The second-order valence-corrected chi connectivity index (χ2v) is 8.36. The van der Waals surface area contributed by atoms with Gasteiger partial charge < -0.3 is 23.9 Å². The maximum atomic E-state index is 12.9. The van der Waals surface area contributed by atoms with Crippen LogP contribution in [0.1, 0.15) is 42.2 Å². The van der Waals surface area contributed by atoms with Crippen molar-refractivity contribution in [1.82, 2.24) is 14.4 Å². The van der Waals surface area contributed by atoms with Crippen LogP contribution in [0, 0.1) is 0 Å². The summed E-state index contributed by atoms with van der Waals surface area (Å²) in [5.41, 5.74) is 2.07. The normalized spacial score (nSPS) is 24.9. The number of hydrogen-bond donors (Lipinski definition) is 1. The fourth-order valence-corrected chi connectivity index (χ4v) is 4.64. The number of imidazole rings is 1. The molecule has 2 fully saturated rings. The molecule has 0 spiro atoms. The fraction of sp³-hybridized carbons (Fsp3) is 0.409. The van der Waals surface area contributed by atoms with E-state index in [1.165, 1.54) is 7.11 Å². The number of pyridine rings is 2. The third-order valence-electron chi connectivity index (χ3n) is 6.28. The number of carbonyl (C=O) groups is 1. The SMILES string of the molecule is COc1cccc(NC(=O)c2cn3cc(C45CCC(C)(C4)OC5)nc3cc2OC)n1. The molecule has 3 aromatic rings. The van der Waals surface area contributed by atoms with Gasteiger partial charge in [-0.1, -0.05) is 6.07 Å². The van der Waals surface area contributed by atoms with Crippen LogP contribution in [0.2, 0.25) is 0 Å². The van der Waals surface area contributed by atoms with Gasteiger partial charge in [0.05, 0.1) is 37.7 Å². The Hall–Kier alpha value is -3.13. The van der Waals surface area contributed by atoms with E-state index in [9.17, 15) is 4.79 Å². The van der Waals surface area contributed by atoms with Gasteiger partial charge in [0.2, 0.25) is 5.88 Å². The summed E-state index contributed by atoms with van der Waals surface area (Å²) >= 11 is 0. The van der Waals surface area contributed by atoms with E-state index in [1.54, 1.807) is 37.6 Å². The average Bonchev–Trinajstić information content (AvgIpc) is 3.43. The Morgan fingerprint density at radius 1 is 1.20 bits per heavy atom. The number of ether oxygens (including phenoxy) is 3. The summed E-state index contributed by atoms with van der Waals surface area (Å²) in [5, 5.41) is 2.80. The lowest BCUT2D eigenvalue weighted by Crippen LogP contribution is -2.26. The van der Waals surface area contributed by atoms with Crippen LogP contribution in [0.3, 0.4) is 0 Å². The number of anilines is 1. The topological polar surface area (TPSA) is 87.0 Å². The van der Waals surface area contributed by atoms with Gasteiger partial charge in [-0.15, -0.1) is 0 Å². The van der Waals surface area contributed by atoms with E-state index in [-0.39, 0.29) is 16.9 Å². The van der Waals surface area contributed by atoms with Crippen molar-refractivity contribution in [2.45, 2.75) is 37.2 Å². The zero-order chi connectivity index (χ0) is 20.9. The molecule has 1 amide bonds. The van der Waals surface area contributed by atoms with Gasteiger partial charge >= 0.3 is 0 Å². The van der Waals surface area contributed by atoms with Crippen LogP contribution in [0.5, 0.6) is 11.6 Å². The Morgan fingerprint density at radius 3 is 2.73 bits per heavy atom. The molecule has 5 rings (SSSR count). The van der Waals surface area contributed by atoms with Gasteiger partial charge in [-0.05, 0) is 32.3 Å². The van der Waals surface area contributed by atoms with E-state index in [2.05, 4.69) is 17.2 Å². The molecule has 8 nitrogen and oxygen atoms in total. The molecule has 4 heterocycles. The van der Waals surface area contributed by atoms with E-state index in [4.69, 9.17) is 19.2 Å². The molecule has 0 aromatic carbocycles. The van der Waals surface area contributed by atoms with E-state index < -0.39 is 0 Å². The molecule has 2 bridgehead atoms. The molecule has 156 valence electrons. The summed E-state index contributed by atoms with van der Waals surface area (Å²) in [6, 6.07) is 6.98. The number of methoxy groups -OCH3 is 2. The smallest absolute Gasteiger partial charge is 0.262 e. The zero-order valence-corrected chi connectivity index (χ0v) is 17.3. The molecule has 3 aromatic heterocycles. The molecular weight excluding hydrogens is 384 g/mol. The first-order valence-electron chi connectivity index (χ1n) is 9.97. The Bertz CT molecular complexity index is 1130. The number of hydrogen-bond acceptors (Lipinski definition) is 6. The summed E-state index contributed by atoms with van der Waals surface area (Å²) in [7, 11) is 3.07. The van der Waals surface area contributed by atoms with Crippen LogP contribution in [-0.4, -0.2) is 46.7 Å². The van der Waals surface area contributed by atoms with E-state index in [0.717, 1.165) is 30.6 Å². The summed E-state index contributed by atoms with van der Waals surface area (Å²) in [4.78, 5) is 22.0. The van der Waals surface area contributed by atoms with Crippen LogP contribution in [0.25, 0.3) is 5.65 Å². The average molecular weight is 408 g/mol. The minimum Gasteiger partial charge on any atom is -0.496 e. The molecular formula is C22H24N4O4. The Morgan fingerprint density at radius 2 is 2.07 bits per heavy atom. The molecule has 1 saturated carbocycles. The highest BCUT2D eigenvalue weighted by molar-refractivity contribution is 6.05. The number of amides is 1. The minimum absolute atomic E-state index is 0.0394. The number of carbonyl (C=O) groups excluding carboxylic acids is 1. The first kappa shape index (κ1) is 18.9. The minimum atomic E-state index is -0.319. The highest BCUT2D eigenvalue weighted by atomic mass is 16.5. The lowest BCUT2D eigenvalue weighted by molar-refractivity contribution is -0.00627. The Balaban J connectivity index is 1.48. The first-order chi connectivity index (χ1) is 14.4. The Labute approximate surface area is 174 Å². The second-order valence-electron chi connectivity index (χ2n) is 8.36. The molecule has 2 aliphatic rings. The van der Waals surface area contributed by atoms with Crippen LogP contribution in [0.15, 0.2) is 36.7 Å². The van der Waals surface area contributed by atoms with Crippen molar-refractivity contribution in [3.63, 3.8) is 0 Å². The summed E-state index contributed by atoms with van der Waals surface area (Å²) in [6.45, 7) is 2.87. The van der Waals surface area contributed by atoms with Gasteiger partial charge in [0.1, 0.15) is 17.2 Å². The lowest BCUT2D eigenvalue weighted by atomic mass is 9.84. The summed E-state index contributed by atoms with van der Waals surface area (Å²) < 4.78 is 18.5. The number of fused-ring (bicyclic) bond motifs is 3. The molecule has 8 heteroatoms. The highest BCUT2D eigenvalue weighted by Crippen LogP contribution is 2.53. The van der Waals surface area contributed by atoms with Crippen molar-refractivity contribution in [1.29, 1.82) is 0 Å². The standard InChI is InChI=1S/C22H24N4O4/c1-21-7-8-22(12-21,13-30-21)16-11-26-10-14(15(28-2)9-18(26)23-16)20(27)25-17-5-4-6-19(24-17)29-3/h4-6,9-11H,7-8,12-13H2,1-3H3,(H,24,25,27). The largest absolute Gasteiger partial charge is 0.496 e. The van der Waals surface area contributed by atoms with Crippen LogP contribution in [-0.2, 0) is 10.2 Å². The van der Waals surface area contributed by atoms with E-state index in [1.807, 2.05) is 10.6 Å². The van der Waals surface area contributed by atoms with Crippen LogP contribution < -0.4 is 14.8 Å². The van der Waals surface area contributed by atoms with Gasteiger partial charge in [0, 0.05) is 29.9 Å². The molecule has 1 aliphatic heterocycles. The van der Waals surface area contributed by atoms with E-state index >= 15 is 0 Å². The van der Waals surface area contributed by atoms with Gasteiger partial charge in [0.15, 0.2) is 0 Å². The zero-order valence-electron chi connectivity index (χ0n) is 17.3. The molecule has 1 saturated heterocycles. The number of aromatic nitrogens is 3. The number of rotatable bonds is 5. The molecule has 1 aliphatic carbocycles. The van der Waals surface area contributed by atoms with Crippen molar-refractivity contribution in [2.24, 2.45) is 0 Å². The van der Waals surface area contributed by atoms with Crippen molar-refractivity contribution in [3.8, 4) is 11.6 Å². The Kier molecular flexibility index (Phi) is 4.21. The molecule has 0 radical (unpaired) electrons. The molecule has 1 N–H and O–H groups in total. The highest BCUT2D eigenvalue weighted by Gasteiger charge is 2.55. The predicted molar refractivity (Wildman–Crippen MR) is 110 cm³/mol. The quantitative estimate of drug-likeness (QED) is 0.698. The molecule has 2 unspecified atom stereocenters. The van der Waals surface area contributed by atoms with Gasteiger partial charge in [0.25, 0.3) is 5.91 Å². The third kappa shape index (κ3) is 2.99. The maximum absolute atomic E-state index is 12.9. The van der Waals surface area contributed by atoms with Gasteiger partial charge in [-0.2, -0.15) is 4.98 Å². The predicted octanol–water partition coefficient (Wildman–Crippen LogP) is 3.21. The van der Waals surface area contributed by atoms with Crippen molar-refractivity contribution < 1.29 is 19.0 Å². The van der Waals surface area contributed by atoms with Crippen molar-refractivity contribution >= 4 is 17.4 Å². The fourth-order valence-electron chi connectivity index (χ4n) is 4.64. The monoisotopic (exact) mass is 408 g/mol. The van der Waals surface area contributed by atoms with Gasteiger partial charge in [-0.3, -0.25) is 4.79 Å². The third-order valence-corrected chi connectivity index (χ3v) is 6.28. The van der Waals surface area contributed by atoms with Crippen molar-refractivity contribution in [3.05, 3.63) is 47.9 Å².